The van der Waals surface area contributed by atoms with Gasteiger partial charge in [0.25, 0.3) is 5.91 Å². The zero-order valence-electron chi connectivity index (χ0n) is 16.1. The summed E-state index contributed by atoms with van der Waals surface area (Å²) in [5.74, 6) is 1.34. The van der Waals surface area contributed by atoms with Gasteiger partial charge in [0.2, 0.25) is 0 Å². The van der Waals surface area contributed by atoms with Gasteiger partial charge in [-0.3, -0.25) is 9.69 Å². The van der Waals surface area contributed by atoms with E-state index in [4.69, 9.17) is 16.3 Å². The molecule has 2 fully saturated rings. The average Bonchev–Trinajstić information content (AvgIpc) is 2.67. The fourth-order valence-electron chi connectivity index (χ4n) is 4.09. The van der Waals surface area contributed by atoms with Crippen molar-refractivity contribution in [2.75, 3.05) is 53.4 Å². The zero-order valence-corrected chi connectivity index (χ0v) is 16.8. The molecule has 1 aromatic carbocycles. The average molecular weight is 380 g/mol. The molecule has 0 aromatic heterocycles. The predicted octanol–water partition coefficient (Wildman–Crippen LogP) is 2.84. The van der Waals surface area contributed by atoms with E-state index in [1.807, 2.05) is 4.90 Å². The Kier molecular flexibility index (Phi) is 6.43. The van der Waals surface area contributed by atoms with Gasteiger partial charge in [0.1, 0.15) is 5.75 Å². The zero-order chi connectivity index (χ0) is 18.7. The second-order valence-corrected chi connectivity index (χ2v) is 7.97. The molecule has 3 rings (SSSR count). The van der Waals surface area contributed by atoms with Crippen LogP contribution in [0.25, 0.3) is 0 Å². The minimum atomic E-state index is 0.0697. The van der Waals surface area contributed by atoms with E-state index in [-0.39, 0.29) is 5.91 Å². The first kappa shape index (κ1) is 19.5. The van der Waals surface area contributed by atoms with E-state index in [9.17, 15) is 4.79 Å². The molecule has 0 saturated carbocycles. The van der Waals surface area contributed by atoms with E-state index in [0.29, 0.717) is 28.3 Å². The Morgan fingerprint density at radius 1 is 1.15 bits per heavy atom. The number of benzene rings is 1. The molecule has 2 saturated heterocycles. The third-order valence-electron chi connectivity index (χ3n) is 6.02. The number of halogens is 1. The lowest BCUT2D eigenvalue weighted by Gasteiger charge is -2.42. The maximum atomic E-state index is 12.8. The number of ether oxygens (including phenoxy) is 1. The molecule has 2 heterocycles. The van der Waals surface area contributed by atoms with Crippen molar-refractivity contribution in [3.8, 4) is 5.75 Å². The molecule has 5 nitrogen and oxygen atoms in total. The fraction of sp³-hybridized carbons (Fsp3) is 0.650. The Labute approximate surface area is 161 Å². The highest BCUT2D eigenvalue weighted by atomic mass is 35.5. The second kappa shape index (κ2) is 8.59. The third-order valence-corrected chi connectivity index (χ3v) is 6.32. The van der Waals surface area contributed by atoms with Crippen molar-refractivity contribution in [2.24, 2.45) is 5.92 Å². The topological polar surface area (TPSA) is 36.0 Å². The number of rotatable bonds is 4. The Morgan fingerprint density at radius 3 is 2.38 bits per heavy atom. The number of methoxy groups -OCH3 is 1. The van der Waals surface area contributed by atoms with Crippen LogP contribution in [0.4, 0.5) is 0 Å². The Hall–Kier alpha value is -1.30. The maximum absolute atomic E-state index is 12.8. The first-order valence-electron chi connectivity index (χ1n) is 9.55. The molecule has 0 unspecified atom stereocenters. The molecular weight excluding hydrogens is 350 g/mol. The summed E-state index contributed by atoms with van der Waals surface area (Å²) in [6.45, 7) is 8.62. The van der Waals surface area contributed by atoms with E-state index in [1.54, 1.807) is 25.3 Å². The van der Waals surface area contributed by atoms with Crippen molar-refractivity contribution >= 4 is 17.5 Å². The molecule has 0 radical (unpaired) electrons. The number of hydrogen-bond donors (Lipinski definition) is 0. The standard InChI is InChI=1S/C20H30ClN3O2/c1-15(23-12-10-22(2)11-13-23)16-6-8-24(9-7-16)20(25)17-4-5-19(26-3)18(21)14-17/h4-5,14-16H,6-13H2,1-3H3/t15-/m1/s1. The minimum Gasteiger partial charge on any atom is -0.495 e. The molecule has 2 aliphatic rings. The number of piperidine rings is 1. The van der Waals surface area contributed by atoms with Crippen LogP contribution < -0.4 is 4.74 Å². The highest BCUT2D eigenvalue weighted by Gasteiger charge is 2.30. The van der Waals surface area contributed by atoms with Gasteiger partial charge in [-0.2, -0.15) is 0 Å². The number of hydrogen-bond acceptors (Lipinski definition) is 4. The molecule has 2 aliphatic heterocycles. The molecule has 0 N–H and O–H groups in total. The fourth-order valence-corrected chi connectivity index (χ4v) is 4.35. The van der Waals surface area contributed by atoms with Gasteiger partial charge in [-0.15, -0.1) is 0 Å². The van der Waals surface area contributed by atoms with E-state index < -0.39 is 0 Å². The van der Waals surface area contributed by atoms with Crippen molar-refractivity contribution < 1.29 is 9.53 Å². The summed E-state index contributed by atoms with van der Waals surface area (Å²) < 4.78 is 5.17. The molecule has 6 heteroatoms. The van der Waals surface area contributed by atoms with E-state index in [2.05, 4.69) is 23.8 Å². The summed E-state index contributed by atoms with van der Waals surface area (Å²) in [5.41, 5.74) is 0.640. The van der Waals surface area contributed by atoms with E-state index in [1.165, 1.54) is 0 Å². The molecule has 0 aliphatic carbocycles. The summed E-state index contributed by atoms with van der Waals surface area (Å²) in [7, 11) is 3.77. The molecule has 144 valence electrons. The van der Waals surface area contributed by atoms with Gasteiger partial charge < -0.3 is 14.5 Å². The Morgan fingerprint density at radius 2 is 1.81 bits per heavy atom. The smallest absolute Gasteiger partial charge is 0.253 e. The van der Waals surface area contributed by atoms with Crippen molar-refractivity contribution in [3.63, 3.8) is 0 Å². The van der Waals surface area contributed by atoms with Gasteiger partial charge in [-0.05, 0) is 50.9 Å². The number of likely N-dealkylation sites (N-methyl/N-ethyl adjacent to an activating group) is 1. The second-order valence-electron chi connectivity index (χ2n) is 7.56. The summed E-state index contributed by atoms with van der Waals surface area (Å²) in [5, 5.41) is 0.483. The third kappa shape index (κ3) is 4.33. The molecule has 1 aromatic rings. The van der Waals surface area contributed by atoms with Crippen LogP contribution in [0.15, 0.2) is 18.2 Å². The van der Waals surface area contributed by atoms with Gasteiger partial charge >= 0.3 is 0 Å². The normalized spacial score (nSPS) is 21.6. The van der Waals surface area contributed by atoms with Crippen LogP contribution >= 0.6 is 11.6 Å². The van der Waals surface area contributed by atoms with Crippen molar-refractivity contribution in [2.45, 2.75) is 25.8 Å². The van der Waals surface area contributed by atoms with Crippen molar-refractivity contribution in [1.29, 1.82) is 0 Å². The predicted molar refractivity (Wildman–Crippen MR) is 105 cm³/mol. The number of nitrogens with zero attached hydrogens (tertiary/aromatic N) is 3. The first-order chi connectivity index (χ1) is 12.5. The number of carbonyl (C=O) groups excluding carboxylic acids is 1. The Bertz CT molecular complexity index is 623. The largest absolute Gasteiger partial charge is 0.495 e. The van der Waals surface area contributed by atoms with Crippen LogP contribution in [0.2, 0.25) is 5.02 Å². The minimum absolute atomic E-state index is 0.0697. The summed E-state index contributed by atoms with van der Waals surface area (Å²) >= 11 is 6.17. The van der Waals surface area contributed by atoms with Crippen LogP contribution in [0.1, 0.15) is 30.1 Å². The van der Waals surface area contributed by atoms with Crippen LogP contribution in [0.3, 0.4) is 0 Å². The van der Waals surface area contributed by atoms with Gasteiger partial charge in [-0.25, -0.2) is 0 Å². The van der Waals surface area contributed by atoms with E-state index >= 15 is 0 Å². The summed E-state index contributed by atoms with van der Waals surface area (Å²) in [4.78, 5) is 19.7. The van der Waals surface area contributed by atoms with Gasteiger partial charge in [-0.1, -0.05) is 11.6 Å². The van der Waals surface area contributed by atoms with Crippen molar-refractivity contribution in [3.05, 3.63) is 28.8 Å². The van der Waals surface area contributed by atoms with Gasteiger partial charge in [0, 0.05) is 50.9 Å². The lowest BCUT2D eigenvalue weighted by atomic mass is 9.88. The molecule has 0 bridgehead atoms. The van der Waals surface area contributed by atoms with Gasteiger partial charge in [0.15, 0.2) is 0 Å². The molecule has 1 amide bonds. The number of amides is 1. The highest BCUT2D eigenvalue weighted by Crippen LogP contribution is 2.28. The number of carbonyl (C=O) groups is 1. The quantitative estimate of drug-likeness (QED) is 0.806. The van der Waals surface area contributed by atoms with Gasteiger partial charge in [0.05, 0.1) is 12.1 Å². The van der Waals surface area contributed by atoms with Crippen LogP contribution in [-0.4, -0.2) is 80.1 Å². The summed E-state index contributed by atoms with van der Waals surface area (Å²) in [6, 6.07) is 5.86. The summed E-state index contributed by atoms with van der Waals surface area (Å²) in [6.07, 6.45) is 2.15. The molecule has 1 atom stereocenters. The highest BCUT2D eigenvalue weighted by molar-refractivity contribution is 6.32. The van der Waals surface area contributed by atoms with E-state index in [0.717, 1.165) is 52.1 Å². The first-order valence-corrected chi connectivity index (χ1v) is 9.93. The number of likely N-dealkylation sites (tertiary alicyclic amines) is 1. The number of piperazine rings is 1. The molecular formula is C20H30ClN3O2. The van der Waals surface area contributed by atoms with Crippen LogP contribution in [0.5, 0.6) is 5.75 Å². The lowest BCUT2D eigenvalue weighted by molar-refractivity contribution is 0.0500. The Balaban J connectivity index is 1.54. The molecule has 0 spiro atoms. The van der Waals surface area contributed by atoms with Crippen LogP contribution in [-0.2, 0) is 0 Å². The van der Waals surface area contributed by atoms with Crippen LogP contribution in [0, 0.1) is 5.92 Å². The maximum Gasteiger partial charge on any atom is 0.253 e. The SMILES string of the molecule is COc1ccc(C(=O)N2CCC([C@@H](C)N3CCN(C)CC3)CC2)cc1Cl. The monoisotopic (exact) mass is 379 g/mol. The molecule has 26 heavy (non-hydrogen) atoms. The lowest BCUT2D eigenvalue weighted by Crippen LogP contribution is -2.52. The van der Waals surface area contributed by atoms with Crippen molar-refractivity contribution in [1.82, 2.24) is 14.7 Å².